The standard InChI is InChI=1S/C25H27N5O/c1-17-15-21(17)25(31)30-13-9-19(10-14-30)24-28-22(18-7-11-26-12-8-18)16-23(29-24)27-20-5-3-2-4-6-20/h2-8,11-12,16-17,19,21H,9-10,13-15H2,1H3,(H,27,28,29)/t17-,21+/m1/s1. The monoisotopic (exact) mass is 413 g/mol. The van der Waals surface area contributed by atoms with E-state index in [-0.39, 0.29) is 11.8 Å². The molecule has 1 aromatic carbocycles. The molecule has 1 aliphatic carbocycles. The molecule has 2 aromatic heterocycles. The third-order valence-corrected chi connectivity index (χ3v) is 6.36. The highest BCUT2D eigenvalue weighted by Crippen LogP contribution is 2.40. The second-order valence-electron chi connectivity index (χ2n) is 8.64. The smallest absolute Gasteiger partial charge is 0.225 e. The first-order valence-corrected chi connectivity index (χ1v) is 11.1. The first-order chi connectivity index (χ1) is 15.2. The van der Waals surface area contributed by atoms with E-state index >= 15 is 0 Å². The molecule has 0 bridgehead atoms. The van der Waals surface area contributed by atoms with Gasteiger partial charge in [0.05, 0.1) is 5.69 Å². The second kappa shape index (κ2) is 8.46. The average Bonchev–Trinajstić information content (AvgIpc) is 3.56. The van der Waals surface area contributed by atoms with Gasteiger partial charge in [-0.15, -0.1) is 0 Å². The summed E-state index contributed by atoms with van der Waals surface area (Å²) in [5.41, 5.74) is 2.90. The number of carbonyl (C=O) groups excluding carboxylic acids is 1. The number of pyridine rings is 1. The Kier molecular flexibility index (Phi) is 5.37. The molecule has 2 aliphatic rings. The van der Waals surface area contributed by atoms with Crippen molar-refractivity contribution in [2.75, 3.05) is 18.4 Å². The Hall–Kier alpha value is -3.28. The van der Waals surface area contributed by atoms with Gasteiger partial charge in [0.2, 0.25) is 5.91 Å². The van der Waals surface area contributed by atoms with E-state index in [1.54, 1.807) is 12.4 Å². The number of nitrogens with zero attached hydrogens (tertiary/aromatic N) is 4. The van der Waals surface area contributed by atoms with E-state index in [0.29, 0.717) is 11.8 Å². The topological polar surface area (TPSA) is 71.0 Å². The summed E-state index contributed by atoms with van der Waals surface area (Å²) in [6.07, 6.45) is 6.41. The molecule has 2 atom stereocenters. The molecule has 0 radical (unpaired) electrons. The maximum absolute atomic E-state index is 12.6. The SMILES string of the molecule is C[C@@H]1C[C@@H]1C(=O)N1CCC(c2nc(Nc3ccccc3)cc(-c3ccncc3)n2)CC1. The van der Waals surface area contributed by atoms with Crippen molar-refractivity contribution in [3.05, 3.63) is 66.7 Å². The number of nitrogens with one attached hydrogen (secondary N) is 1. The minimum absolute atomic E-state index is 0.249. The first kappa shape index (κ1) is 19.7. The van der Waals surface area contributed by atoms with Crippen LogP contribution in [-0.2, 0) is 4.79 Å². The lowest BCUT2D eigenvalue weighted by molar-refractivity contribution is -0.133. The van der Waals surface area contributed by atoms with Crippen molar-refractivity contribution >= 4 is 17.4 Å². The molecule has 3 heterocycles. The second-order valence-corrected chi connectivity index (χ2v) is 8.64. The lowest BCUT2D eigenvalue weighted by atomic mass is 9.95. The third kappa shape index (κ3) is 4.43. The molecule has 0 unspecified atom stereocenters. The van der Waals surface area contributed by atoms with Crippen LogP contribution in [0.4, 0.5) is 11.5 Å². The Balaban J connectivity index is 1.38. The van der Waals surface area contributed by atoms with Gasteiger partial charge in [-0.3, -0.25) is 9.78 Å². The minimum Gasteiger partial charge on any atom is -0.342 e. The summed E-state index contributed by atoms with van der Waals surface area (Å²) in [6.45, 7) is 3.74. The van der Waals surface area contributed by atoms with Gasteiger partial charge in [0.25, 0.3) is 0 Å². The highest BCUT2D eigenvalue weighted by Gasteiger charge is 2.42. The van der Waals surface area contributed by atoms with E-state index in [9.17, 15) is 4.79 Å². The highest BCUT2D eigenvalue weighted by atomic mass is 16.2. The summed E-state index contributed by atoms with van der Waals surface area (Å²) < 4.78 is 0. The largest absolute Gasteiger partial charge is 0.342 e. The van der Waals surface area contributed by atoms with Crippen LogP contribution in [0, 0.1) is 11.8 Å². The van der Waals surface area contributed by atoms with Crippen molar-refractivity contribution in [3.8, 4) is 11.3 Å². The van der Waals surface area contributed by atoms with Gasteiger partial charge in [-0.25, -0.2) is 9.97 Å². The quantitative estimate of drug-likeness (QED) is 0.660. The van der Waals surface area contributed by atoms with Gasteiger partial charge in [-0.05, 0) is 49.4 Å². The molecular formula is C25H27N5O. The lowest BCUT2D eigenvalue weighted by Gasteiger charge is -2.31. The van der Waals surface area contributed by atoms with E-state index in [2.05, 4.69) is 17.2 Å². The predicted octanol–water partition coefficient (Wildman–Crippen LogP) is 4.64. The number of aromatic nitrogens is 3. The van der Waals surface area contributed by atoms with Gasteiger partial charge in [0.15, 0.2) is 0 Å². The van der Waals surface area contributed by atoms with Crippen molar-refractivity contribution in [1.29, 1.82) is 0 Å². The number of likely N-dealkylation sites (tertiary alicyclic amines) is 1. The van der Waals surface area contributed by atoms with Crippen LogP contribution in [0.1, 0.15) is 37.9 Å². The maximum atomic E-state index is 12.6. The number of rotatable bonds is 5. The van der Waals surface area contributed by atoms with Crippen molar-refractivity contribution in [2.24, 2.45) is 11.8 Å². The minimum atomic E-state index is 0.249. The van der Waals surface area contributed by atoms with Crippen molar-refractivity contribution in [2.45, 2.75) is 32.1 Å². The Morgan fingerprint density at radius 2 is 1.74 bits per heavy atom. The highest BCUT2D eigenvalue weighted by molar-refractivity contribution is 5.81. The normalized spacial score (nSPS) is 21.0. The van der Waals surface area contributed by atoms with Gasteiger partial charge in [-0.1, -0.05) is 25.1 Å². The predicted molar refractivity (Wildman–Crippen MR) is 121 cm³/mol. The molecule has 0 spiro atoms. The lowest BCUT2D eigenvalue weighted by Crippen LogP contribution is -2.39. The summed E-state index contributed by atoms with van der Waals surface area (Å²) in [6, 6.07) is 16.0. The van der Waals surface area contributed by atoms with Crippen molar-refractivity contribution in [3.63, 3.8) is 0 Å². The van der Waals surface area contributed by atoms with Crippen LogP contribution in [0.5, 0.6) is 0 Å². The summed E-state index contributed by atoms with van der Waals surface area (Å²) in [7, 11) is 0. The van der Waals surface area contributed by atoms with Gasteiger partial charge in [-0.2, -0.15) is 0 Å². The fourth-order valence-electron chi connectivity index (χ4n) is 4.31. The van der Waals surface area contributed by atoms with Gasteiger partial charge in [0, 0.05) is 54.6 Å². The number of hydrogen-bond acceptors (Lipinski definition) is 5. The fraction of sp³-hybridized carbons (Fsp3) is 0.360. The average molecular weight is 414 g/mol. The summed E-state index contributed by atoms with van der Waals surface area (Å²) in [5.74, 6) is 3.03. The van der Waals surface area contributed by atoms with E-state index in [1.807, 2.05) is 53.4 Å². The molecule has 1 amide bonds. The molecule has 6 nitrogen and oxygen atoms in total. The summed E-state index contributed by atoms with van der Waals surface area (Å²) in [5, 5.41) is 3.42. The molecule has 1 aliphatic heterocycles. The number of benzene rings is 1. The van der Waals surface area contributed by atoms with Crippen LogP contribution in [0.15, 0.2) is 60.9 Å². The molecule has 3 aromatic rings. The van der Waals surface area contributed by atoms with E-state index in [0.717, 1.165) is 60.9 Å². The third-order valence-electron chi connectivity index (χ3n) is 6.36. The number of hydrogen-bond donors (Lipinski definition) is 1. The van der Waals surface area contributed by atoms with Crippen LogP contribution in [0.25, 0.3) is 11.3 Å². The van der Waals surface area contributed by atoms with Crippen LogP contribution in [0.3, 0.4) is 0 Å². The molecule has 1 N–H and O–H groups in total. The molecule has 1 saturated heterocycles. The Labute approximate surface area is 182 Å². The zero-order valence-electron chi connectivity index (χ0n) is 17.7. The van der Waals surface area contributed by atoms with Crippen LogP contribution in [0.2, 0.25) is 0 Å². The van der Waals surface area contributed by atoms with Crippen molar-refractivity contribution in [1.82, 2.24) is 19.9 Å². The fourth-order valence-corrected chi connectivity index (χ4v) is 4.31. The van der Waals surface area contributed by atoms with E-state index < -0.39 is 0 Å². The molecule has 158 valence electrons. The molecule has 6 heteroatoms. The molecule has 1 saturated carbocycles. The summed E-state index contributed by atoms with van der Waals surface area (Å²) in [4.78, 5) is 28.5. The number of para-hydroxylation sites is 1. The number of piperidine rings is 1. The van der Waals surface area contributed by atoms with Crippen LogP contribution in [-0.4, -0.2) is 38.8 Å². The zero-order valence-corrected chi connectivity index (χ0v) is 17.7. The van der Waals surface area contributed by atoms with Gasteiger partial charge < -0.3 is 10.2 Å². The van der Waals surface area contributed by atoms with Crippen LogP contribution >= 0.6 is 0 Å². The molecule has 2 fully saturated rings. The van der Waals surface area contributed by atoms with Crippen LogP contribution < -0.4 is 5.32 Å². The molecule has 5 rings (SSSR count). The molecule has 31 heavy (non-hydrogen) atoms. The molecular weight excluding hydrogens is 386 g/mol. The maximum Gasteiger partial charge on any atom is 0.225 e. The Morgan fingerprint density at radius 1 is 1.03 bits per heavy atom. The summed E-state index contributed by atoms with van der Waals surface area (Å²) >= 11 is 0. The van der Waals surface area contributed by atoms with E-state index in [1.165, 1.54) is 0 Å². The zero-order chi connectivity index (χ0) is 21.2. The Bertz CT molecular complexity index is 1050. The number of carbonyl (C=O) groups is 1. The Morgan fingerprint density at radius 3 is 2.42 bits per heavy atom. The van der Waals surface area contributed by atoms with Gasteiger partial charge in [0.1, 0.15) is 11.6 Å². The van der Waals surface area contributed by atoms with Gasteiger partial charge >= 0.3 is 0 Å². The number of amides is 1. The van der Waals surface area contributed by atoms with E-state index in [4.69, 9.17) is 9.97 Å². The first-order valence-electron chi connectivity index (χ1n) is 11.1. The van der Waals surface area contributed by atoms with Crippen molar-refractivity contribution < 1.29 is 4.79 Å². The number of anilines is 2.